The average molecular weight is 485 g/mol. The van der Waals surface area contributed by atoms with Gasteiger partial charge in [-0.15, -0.1) is 0 Å². The molecule has 0 saturated carbocycles. The summed E-state index contributed by atoms with van der Waals surface area (Å²) in [6.45, 7) is 10.8. The molecule has 1 aromatic carbocycles. The average Bonchev–Trinajstić information content (AvgIpc) is 2.66. The number of phosphoric acid groups is 1. The van der Waals surface area contributed by atoms with Crippen LogP contribution in [-0.4, -0.2) is 10.5 Å². The molecule has 7 heteroatoms. The predicted octanol–water partition coefficient (Wildman–Crippen LogP) is 3.81. The van der Waals surface area contributed by atoms with Crippen molar-refractivity contribution in [2.75, 3.05) is 0 Å². The fourth-order valence-corrected chi connectivity index (χ4v) is 4.28. The molecule has 1 N–H and O–H groups in total. The van der Waals surface area contributed by atoms with Gasteiger partial charge in [0.15, 0.2) is 0 Å². The predicted molar refractivity (Wildman–Crippen MR) is 129 cm³/mol. The van der Waals surface area contributed by atoms with Crippen molar-refractivity contribution in [3.8, 4) is 11.5 Å². The zero-order valence-electron chi connectivity index (χ0n) is 21.1. The summed E-state index contributed by atoms with van der Waals surface area (Å²) in [5.74, 6) is 0.857. The first-order chi connectivity index (χ1) is 15.0. The number of benzene rings is 1. The Bertz CT molecular complexity index is 911. The maximum absolute atomic E-state index is 10.9. The third-order valence-corrected chi connectivity index (χ3v) is 6.26. The summed E-state index contributed by atoms with van der Waals surface area (Å²) < 4.78 is 21.7. The standard InChI is InChI=1S/C26H39O5P.Na/c1-20(2)9-6-10-21(3)11-7-12-22(4)13-8-17-26(5)18-16-23-19-24(31-32(27,28)29)14-15-25(23)30-26;/h9,11,13-15,19H,6-8,10,12,16-18H2,1-5H3,(H2,27,28,29);/q;+1/p-1/b21-11+,22-13+;. The molecule has 0 radical (unpaired) electrons. The van der Waals surface area contributed by atoms with E-state index in [1.807, 2.05) is 0 Å². The Labute approximate surface area is 221 Å². The molecule has 1 aliphatic rings. The van der Waals surface area contributed by atoms with Crippen LogP contribution in [0.1, 0.15) is 85.1 Å². The van der Waals surface area contributed by atoms with Gasteiger partial charge in [-0.25, -0.2) is 0 Å². The number of hydrogen-bond donors (Lipinski definition) is 1. The van der Waals surface area contributed by atoms with E-state index in [4.69, 9.17) is 9.63 Å². The summed E-state index contributed by atoms with van der Waals surface area (Å²) >= 11 is 0. The van der Waals surface area contributed by atoms with Crippen molar-refractivity contribution in [2.24, 2.45) is 0 Å². The number of rotatable bonds is 11. The van der Waals surface area contributed by atoms with Crippen molar-refractivity contribution < 1.29 is 53.2 Å². The molecule has 1 heterocycles. The van der Waals surface area contributed by atoms with Crippen LogP contribution >= 0.6 is 7.82 Å². The first-order valence-corrected chi connectivity index (χ1v) is 13.0. The van der Waals surface area contributed by atoms with E-state index in [-0.39, 0.29) is 40.9 Å². The van der Waals surface area contributed by atoms with E-state index in [2.05, 4.69) is 57.4 Å². The van der Waals surface area contributed by atoms with Crippen molar-refractivity contribution in [2.45, 2.75) is 91.6 Å². The molecule has 2 atom stereocenters. The van der Waals surface area contributed by atoms with E-state index in [1.54, 1.807) is 12.1 Å². The molecule has 0 aromatic heterocycles. The van der Waals surface area contributed by atoms with Crippen LogP contribution in [-0.2, 0) is 11.0 Å². The largest absolute Gasteiger partial charge is 1.00 e. The van der Waals surface area contributed by atoms with Crippen LogP contribution in [0.2, 0.25) is 0 Å². The van der Waals surface area contributed by atoms with Crippen molar-refractivity contribution in [3.63, 3.8) is 0 Å². The molecule has 0 spiro atoms. The van der Waals surface area contributed by atoms with Gasteiger partial charge in [0.1, 0.15) is 17.1 Å². The van der Waals surface area contributed by atoms with Gasteiger partial charge in [-0.05, 0) is 110 Å². The van der Waals surface area contributed by atoms with E-state index in [0.717, 1.165) is 62.7 Å². The third kappa shape index (κ3) is 11.9. The number of hydrogen-bond acceptors (Lipinski definition) is 4. The molecule has 1 aliphatic heterocycles. The Kier molecular flexibility index (Phi) is 12.7. The van der Waals surface area contributed by atoms with Crippen LogP contribution in [0.25, 0.3) is 0 Å². The molecule has 0 bridgehead atoms. The summed E-state index contributed by atoms with van der Waals surface area (Å²) in [5, 5.41) is 0. The number of ether oxygens (including phenoxy) is 1. The number of allylic oxidation sites excluding steroid dienone is 6. The number of aryl methyl sites for hydroxylation is 1. The third-order valence-electron chi connectivity index (χ3n) is 5.82. The minimum atomic E-state index is -4.80. The van der Waals surface area contributed by atoms with Crippen LogP contribution in [0.5, 0.6) is 11.5 Å². The number of phosphoric ester groups is 1. The van der Waals surface area contributed by atoms with Crippen LogP contribution < -0.4 is 43.7 Å². The van der Waals surface area contributed by atoms with Crippen molar-refractivity contribution in [3.05, 3.63) is 58.7 Å². The van der Waals surface area contributed by atoms with Crippen LogP contribution in [0, 0.1) is 0 Å². The van der Waals surface area contributed by atoms with Crippen LogP contribution in [0.3, 0.4) is 0 Å². The zero-order valence-corrected chi connectivity index (χ0v) is 24.0. The molecule has 0 saturated heterocycles. The molecule has 1 aromatic rings. The first kappa shape index (κ1) is 30.2. The van der Waals surface area contributed by atoms with E-state index < -0.39 is 7.82 Å². The topological polar surface area (TPSA) is 78.8 Å². The Morgan fingerprint density at radius 3 is 2.33 bits per heavy atom. The molecular formula is C26H38NaO5P. The Balaban J connectivity index is 0.00000544. The zero-order chi connectivity index (χ0) is 23.8. The summed E-state index contributed by atoms with van der Waals surface area (Å²) in [6.07, 6.45) is 14.9. The molecule has 33 heavy (non-hydrogen) atoms. The minimum absolute atomic E-state index is 0. The van der Waals surface area contributed by atoms with Gasteiger partial charge in [-0.2, -0.15) is 0 Å². The van der Waals surface area contributed by atoms with Gasteiger partial charge in [0.2, 0.25) is 0 Å². The van der Waals surface area contributed by atoms with E-state index in [0.29, 0.717) is 0 Å². The second kappa shape index (κ2) is 13.9. The minimum Gasteiger partial charge on any atom is -0.746 e. The Morgan fingerprint density at radius 2 is 1.73 bits per heavy atom. The van der Waals surface area contributed by atoms with Gasteiger partial charge in [-0.3, -0.25) is 4.57 Å². The van der Waals surface area contributed by atoms with Crippen molar-refractivity contribution >= 4 is 7.82 Å². The summed E-state index contributed by atoms with van der Waals surface area (Å²) in [4.78, 5) is 19.8. The smallest absolute Gasteiger partial charge is 0.746 e. The van der Waals surface area contributed by atoms with Gasteiger partial charge in [-0.1, -0.05) is 34.9 Å². The van der Waals surface area contributed by atoms with E-state index >= 15 is 0 Å². The summed E-state index contributed by atoms with van der Waals surface area (Å²) in [5.41, 5.74) is 4.89. The molecule has 0 fully saturated rings. The van der Waals surface area contributed by atoms with Gasteiger partial charge < -0.3 is 19.0 Å². The Hall–Kier alpha value is -0.810. The molecule has 178 valence electrons. The molecule has 5 nitrogen and oxygen atoms in total. The first-order valence-electron chi connectivity index (χ1n) is 11.5. The molecule has 2 unspecified atom stereocenters. The van der Waals surface area contributed by atoms with Gasteiger partial charge in [0, 0.05) is 0 Å². The van der Waals surface area contributed by atoms with Crippen molar-refractivity contribution in [1.82, 2.24) is 0 Å². The molecule has 2 rings (SSSR count). The second-order valence-corrected chi connectivity index (χ2v) is 10.5. The maximum atomic E-state index is 10.9. The quantitative estimate of drug-likeness (QED) is 0.294. The van der Waals surface area contributed by atoms with Crippen LogP contribution in [0.15, 0.2) is 53.1 Å². The fourth-order valence-electron chi connectivity index (χ4n) is 3.90. The second-order valence-electron chi connectivity index (χ2n) is 9.38. The molecular weight excluding hydrogens is 446 g/mol. The molecule has 0 aliphatic carbocycles. The van der Waals surface area contributed by atoms with E-state index in [9.17, 15) is 9.46 Å². The normalized spacial score (nSPS) is 20.1. The van der Waals surface area contributed by atoms with Gasteiger partial charge in [0.05, 0.1) is 0 Å². The fraction of sp³-hybridized carbons (Fsp3) is 0.538. The SMILES string of the molecule is CC(C)=CCC/C(C)=C/CC/C(C)=C/CCC1(C)CCc2cc(OP(=O)([O-])O)ccc2O1.[Na+]. The van der Waals surface area contributed by atoms with Crippen LogP contribution in [0.4, 0.5) is 0 Å². The monoisotopic (exact) mass is 484 g/mol. The van der Waals surface area contributed by atoms with Gasteiger partial charge in [0.25, 0.3) is 0 Å². The maximum Gasteiger partial charge on any atom is 1.00 e. The number of fused-ring (bicyclic) bond motifs is 1. The Morgan fingerprint density at radius 1 is 1.12 bits per heavy atom. The summed E-state index contributed by atoms with van der Waals surface area (Å²) in [6, 6.07) is 4.84. The summed E-state index contributed by atoms with van der Waals surface area (Å²) in [7, 11) is -4.80. The van der Waals surface area contributed by atoms with Crippen molar-refractivity contribution in [1.29, 1.82) is 0 Å². The molecule has 0 amide bonds. The van der Waals surface area contributed by atoms with E-state index in [1.165, 1.54) is 22.8 Å². The van der Waals surface area contributed by atoms with Gasteiger partial charge >= 0.3 is 37.4 Å².